The van der Waals surface area contributed by atoms with Gasteiger partial charge in [-0.1, -0.05) is 12.1 Å². The number of fused-ring (bicyclic) bond motifs is 1. The molecule has 2 N–H and O–H groups in total. The van der Waals surface area contributed by atoms with Crippen molar-refractivity contribution in [2.24, 2.45) is 5.41 Å². The molecule has 0 unspecified atom stereocenters. The molecule has 2 fully saturated rings. The standard InChI is InChI=1S/C20H21BrIN5O4/c1-2-5-31-10-12-3-4-16(21)24-17(12)25-18(28)14-6-20(7-15(20)27(14)19(29)30)11-26-9-13(22)8-23-26/h2-4,8-9,14-15H,1,5-7,10-11H2,(H,29,30)(H,24,25,28)/t14-,15+,20-/m0/s1. The van der Waals surface area contributed by atoms with E-state index in [2.05, 4.69) is 60.5 Å². The lowest BCUT2D eigenvalue weighted by Gasteiger charge is -2.24. The zero-order valence-electron chi connectivity index (χ0n) is 16.5. The van der Waals surface area contributed by atoms with Crippen LogP contribution in [0.25, 0.3) is 0 Å². The van der Waals surface area contributed by atoms with E-state index in [9.17, 15) is 14.7 Å². The predicted molar refractivity (Wildman–Crippen MR) is 124 cm³/mol. The molecule has 31 heavy (non-hydrogen) atoms. The van der Waals surface area contributed by atoms with Crippen LogP contribution in [0.1, 0.15) is 18.4 Å². The van der Waals surface area contributed by atoms with E-state index >= 15 is 0 Å². The molecular formula is C20H21BrIN5O4. The molecule has 9 nitrogen and oxygen atoms in total. The van der Waals surface area contributed by atoms with E-state index in [4.69, 9.17) is 4.74 Å². The molecule has 3 heterocycles. The van der Waals surface area contributed by atoms with E-state index < -0.39 is 12.1 Å². The van der Waals surface area contributed by atoms with Crippen LogP contribution in [0.3, 0.4) is 0 Å². The third-order valence-electron chi connectivity index (χ3n) is 5.70. The topological polar surface area (TPSA) is 110 Å². The number of halogens is 2. The zero-order valence-corrected chi connectivity index (χ0v) is 20.2. The van der Waals surface area contributed by atoms with Gasteiger partial charge in [-0.2, -0.15) is 5.10 Å². The number of hydrogen-bond acceptors (Lipinski definition) is 5. The molecule has 1 aliphatic carbocycles. The zero-order chi connectivity index (χ0) is 22.2. The van der Waals surface area contributed by atoms with Crippen LogP contribution >= 0.6 is 38.5 Å². The molecule has 2 aliphatic rings. The largest absolute Gasteiger partial charge is 0.465 e. The summed E-state index contributed by atoms with van der Waals surface area (Å²) in [6.45, 7) is 4.82. The van der Waals surface area contributed by atoms with Crippen molar-refractivity contribution in [3.8, 4) is 0 Å². The Morgan fingerprint density at radius 3 is 2.94 bits per heavy atom. The summed E-state index contributed by atoms with van der Waals surface area (Å²) in [5.41, 5.74) is 0.431. The van der Waals surface area contributed by atoms with Crippen LogP contribution in [0.5, 0.6) is 0 Å². The number of piperidine rings is 1. The molecule has 1 aliphatic heterocycles. The third-order valence-corrected chi connectivity index (χ3v) is 6.70. The van der Waals surface area contributed by atoms with Crippen LogP contribution in [-0.4, -0.2) is 55.5 Å². The Morgan fingerprint density at radius 2 is 2.26 bits per heavy atom. The molecule has 0 aromatic carbocycles. The van der Waals surface area contributed by atoms with Crippen molar-refractivity contribution in [2.45, 2.75) is 38.1 Å². The van der Waals surface area contributed by atoms with E-state index in [0.717, 1.165) is 9.99 Å². The number of rotatable bonds is 8. The number of amides is 2. The van der Waals surface area contributed by atoms with Gasteiger partial charge in [0, 0.05) is 29.8 Å². The van der Waals surface area contributed by atoms with Crippen LogP contribution in [0.4, 0.5) is 10.6 Å². The first kappa shape index (κ1) is 22.2. The first-order chi connectivity index (χ1) is 14.8. The minimum atomic E-state index is -1.09. The number of likely N-dealkylation sites (tertiary alicyclic amines) is 1. The maximum atomic E-state index is 13.1. The lowest BCUT2D eigenvalue weighted by atomic mass is 9.99. The molecule has 2 aromatic rings. The normalized spacial score (nSPS) is 24.0. The molecule has 11 heteroatoms. The summed E-state index contributed by atoms with van der Waals surface area (Å²) in [6.07, 6.45) is 5.41. The van der Waals surface area contributed by atoms with Gasteiger partial charge >= 0.3 is 6.09 Å². The SMILES string of the molecule is C=CCOCc1ccc(Br)nc1NC(=O)[C@@H]1C[C@@]2(Cn3cc(I)cn3)C[C@H]2N1C(=O)O. The van der Waals surface area contributed by atoms with Crippen molar-refractivity contribution in [3.63, 3.8) is 0 Å². The number of ether oxygens (including phenoxy) is 1. The number of pyridine rings is 1. The molecule has 0 bridgehead atoms. The molecular weight excluding hydrogens is 581 g/mol. The highest BCUT2D eigenvalue weighted by Gasteiger charge is 2.67. The summed E-state index contributed by atoms with van der Waals surface area (Å²) in [5.74, 6) is -0.0374. The smallest absolute Gasteiger partial charge is 0.408 e. The van der Waals surface area contributed by atoms with E-state index in [0.29, 0.717) is 35.6 Å². The maximum absolute atomic E-state index is 13.1. The number of nitrogens with zero attached hydrogens (tertiary/aromatic N) is 4. The van der Waals surface area contributed by atoms with Crippen LogP contribution in [0.15, 0.2) is 41.8 Å². The first-order valence-electron chi connectivity index (χ1n) is 9.67. The van der Waals surface area contributed by atoms with Crippen molar-refractivity contribution < 1.29 is 19.4 Å². The van der Waals surface area contributed by atoms with Gasteiger partial charge in [-0.3, -0.25) is 14.4 Å². The monoisotopic (exact) mass is 601 g/mol. The number of hydrogen-bond donors (Lipinski definition) is 2. The third kappa shape index (κ3) is 4.62. The van der Waals surface area contributed by atoms with Gasteiger partial charge in [-0.15, -0.1) is 6.58 Å². The summed E-state index contributed by atoms with van der Waals surface area (Å²) < 4.78 is 8.89. The molecule has 164 valence electrons. The van der Waals surface area contributed by atoms with Gasteiger partial charge in [0.25, 0.3) is 0 Å². The Bertz CT molecular complexity index is 1030. The Hall–Kier alpha value is -1.99. The second-order valence-corrected chi connectivity index (χ2v) is 9.84. The molecule has 0 radical (unpaired) electrons. The van der Waals surface area contributed by atoms with E-state index in [-0.39, 0.29) is 24.0 Å². The number of aromatic nitrogens is 3. The van der Waals surface area contributed by atoms with Crippen LogP contribution in [0.2, 0.25) is 0 Å². The highest BCUT2D eigenvalue weighted by Crippen LogP contribution is 2.60. The van der Waals surface area contributed by atoms with Crippen molar-refractivity contribution >= 4 is 56.3 Å². The lowest BCUT2D eigenvalue weighted by molar-refractivity contribution is -0.120. The Morgan fingerprint density at radius 1 is 1.45 bits per heavy atom. The Balaban J connectivity index is 1.51. The van der Waals surface area contributed by atoms with Crippen molar-refractivity contribution in [2.75, 3.05) is 11.9 Å². The minimum Gasteiger partial charge on any atom is -0.465 e. The average Bonchev–Trinajstić information content (AvgIpc) is 3.06. The molecule has 3 atom stereocenters. The summed E-state index contributed by atoms with van der Waals surface area (Å²) in [5, 5.41) is 16.9. The number of nitrogens with one attached hydrogen (secondary N) is 1. The van der Waals surface area contributed by atoms with E-state index in [1.807, 2.05) is 10.9 Å². The van der Waals surface area contributed by atoms with E-state index in [1.165, 1.54) is 4.90 Å². The van der Waals surface area contributed by atoms with Crippen molar-refractivity contribution in [3.05, 3.63) is 50.9 Å². The first-order valence-corrected chi connectivity index (χ1v) is 11.5. The van der Waals surface area contributed by atoms with Gasteiger partial charge < -0.3 is 15.2 Å². The molecule has 4 rings (SSSR count). The summed E-state index contributed by atoms with van der Waals surface area (Å²) in [4.78, 5) is 30.7. The number of carboxylic acid groups (broad SMARTS) is 1. The fraction of sp³-hybridized carbons (Fsp3) is 0.400. The second-order valence-electron chi connectivity index (χ2n) is 7.78. The fourth-order valence-corrected chi connectivity index (χ4v) is 5.00. The minimum absolute atomic E-state index is 0.187. The van der Waals surface area contributed by atoms with Gasteiger partial charge in [0.1, 0.15) is 16.5 Å². The summed E-state index contributed by atoms with van der Waals surface area (Å²) in [7, 11) is 0. The van der Waals surface area contributed by atoms with Crippen molar-refractivity contribution in [1.29, 1.82) is 0 Å². The highest BCUT2D eigenvalue weighted by atomic mass is 127. The molecule has 1 saturated heterocycles. The number of anilines is 1. The van der Waals surface area contributed by atoms with Gasteiger partial charge in [-0.05, 0) is 57.4 Å². The van der Waals surface area contributed by atoms with Gasteiger partial charge in [-0.25, -0.2) is 9.78 Å². The highest BCUT2D eigenvalue weighted by molar-refractivity contribution is 14.1. The van der Waals surface area contributed by atoms with Crippen LogP contribution in [-0.2, 0) is 22.7 Å². The van der Waals surface area contributed by atoms with Gasteiger partial charge in [0.15, 0.2) is 0 Å². The maximum Gasteiger partial charge on any atom is 0.408 e. The molecule has 1 saturated carbocycles. The second kappa shape index (κ2) is 8.87. The quantitative estimate of drug-likeness (QED) is 0.207. The van der Waals surface area contributed by atoms with Crippen LogP contribution in [0, 0.1) is 8.99 Å². The fourth-order valence-electron chi connectivity index (χ4n) is 4.25. The predicted octanol–water partition coefficient (Wildman–Crippen LogP) is 3.50. The summed E-state index contributed by atoms with van der Waals surface area (Å²) in [6, 6.07) is 2.59. The van der Waals surface area contributed by atoms with E-state index in [1.54, 1.807) is 24.4 Å². The number of carbonyl (C=O) groups is 2. The van der Waals surface area contributed by atoms with Crippen molar-refractivity contribution in [1.82, 2.24) is 19.7 Å². The van der Waals surface area contributed by atoms with Crippen LogP contribution < -0.4 is 5.32 Å². The molecule has 2 amide bonds. The average molecular weight is 602 g/mol. The Kier molecular flexibility index (Phi) is 6.35. The molecule has 2 aromatic heterocycles. The number of carbonyl (C=O) groups excluding carboxylic acids is 1. The van der Waals surface area contributed by atoms with Gasteiger partial charge in [0.05, 0.1) is 23.0 Å². The lowest BCUT2D eigenvalue weighted by Crippen LogP contribution is -2.45. The summed E-state index contributed by atoms with van der Waals surface area (Å²) >= 11 is 5.50. The van der Waals surface area contributed by atoms with Gasteiger partial charge in [0.2, 0.25) is 5.91 Å². The molecule has 0 spiro atoms. The Labute approximate surface area is 201 Å².